The van der Waals surface area contributed by atoms with E-state index in [0.29, 0.717) is 16.9 Å². The van der Waals surface area contributed by atoms with Crippen LogP contribution in [0.4, 0.5) is 13.2 Å². The van der Waals surface area contributed by atoms with Crippen LogP contribution in [0.25, 0.3) is 22.4 Å². The van der Waals surface area contributed by atoms with Crippen LogP contribution in [-0.4, -0.2) is 29.2 Å². The molecule has 1 aliphatic rings. The third-order valence-corrected chi connectivity index (χ3v) is 5.48. The molecular formula is C17H14F3N3O2S. The molecule has 1 aliphatic carbocycles. The van der Waals surface area contributed by atoms with E-state index in [1.54, 1.807) is 0 Å². The Kier molecular flexibility index (Phi) is 3.62. The first-order valence-corrected chi connectivity index (χ1v) is 9.79. The van der Waals surface area contributed by atoms with E-state index in [9.17, 15) is 21.6 Å². The predicted molar refractivity (Wildman–Crippen MR) is 89.3 cm³/mol. The minimum atomic E-state index is -4.47. The maximum atomic E-state index is 13.0. The highest BCUT2D eigenvalue weighted by molar-refractivity contribution is 7.90. The first-order valence-electron chi connectivity index (χ1n) is 7.90. The maximum absolute atomic E-state index is 13.0. The van der Waals surface area contributed by atoms with Crippen molar-refractivity contribution in [1.82, 2.24) is 14.5 Å². The van der Waals surface area contributed by atoms with Gasteiger partial charge >= 0.3 is 6.18 Å². The average molecular weight is 381 g/mol. The number of aromatic nitrogens is 3. The van der Waals surface area contributed by atoms with Crippen LogP contribution in [0.1, 0.15) is 24.4 Å². The Labute approximate surface area is 147 Å². The third kappa shape index (κ3) is 2.86. The molecule has 9 heteroatoms. The van der Waals surface area contributed by atoms with Gasteiger partial charge in [0.25, 0.3) is 0 Å². The van der Waals surface area contributed by atoms with Crippen LogP contribution in [0.2, 0.25) is 0 Å². The molecule has 0 atom stereocenters. The molecule has 0 radical (unpaired) electrons. The second-order valence-electron chi connectivity index (χ2n) is 6.38. The van der Waals surface area contributed by atoms with E-state index in [4.69, 9.17) is 0 Å². The van der Waals surface area contributed by atoms with Gasteiger partial charge in [0.05, 0.1) is 21.5 Å². The molecule has 26 heavy (non-hydrogen) atoms. The van der Waals surface area contributed by atoms with Crippen molar-refractivity contribution in [3.63, 3.8) is 0 Å². The summed E-state index contributed by atoms with van der Waals surface area (Å²) in [7, 11) is -3.57. The Morgan fingerprint density at radius 1 is 1.19 bits per heavy atom. The van der Waals surface area contributed by atoms with E-state index < -0.39 is 21.6 Å². The summed E-state index contributed by atoms with van der Waals surface area (Å²) in [5.74, 6) is 0.352. The molecule has 0 bridgehead atoms. The maximum Gasteiger partial charge on any atom is 0.416 e. The van der Waals surface area contributed by atoms with E-state index in [1.807, 2.05) is 4.57 Å². The van der Waals surface area contributed by atoms with Gasteiger partial charge in [0.15, 0.2) is 9.84 Å². The van der Waals surface area contributed by atoms with Gasteiger partial charge in [-0.1, -0.05) is 0 Å². The molecule has 3 aromatic rings. The fourth-order valence-corrected chi connectivity index (χ4v) is 3.84. The summed E-state index contributed by atoms with van der Waals surface area (Å²) < 4.78 is 65.1. The molecule has 0 aliphatic heterocycles. The van der Waals surface area contributed by atoms with Crippen LogP contribution < -0.4 is 0 Å². The smallest absolute Gasteiger partial charge is 0.321 e. The number of imidazole rings is 1. The highest BCUT2D eigenvalue weighted by atomic mass is 32.2. The second kappa shape index (κ2) is 5.54. The van der Waals surface area contributed by atoms with Gasteiger partial charge in [0.1, 0.15) is 5.82 Å². The quantitative estimate of drug-likeness (QED) is 0.691. The molecule has 0 spiro atoms. The largest absolute Gasteiger partial charge is 0.416 e. The lowest BCUT2D eigenvalue weighted by Gasteiger charge is -2.11. The number of alkyl halides is 3. The highest BCUT2D eigenvalue weighted by Gasteiger charge is 2.34. The van der Waals surface area contributed by atoms with Crippen LogP contribution in [0.3, 0.4) is 0 Å². The number of fused-ring (bicyclic) bond motifs is 1. The first kappa shape index (κ1) is 17.0. The number of pyridine rings is 1. The van der Waals surface area contributed by atoms with Gasteiger partial charge in [0, 0.05) is 30.3 Å². The van der Waals surface area contributed by atoms with Crippen LogP contribution in [0, 0.1) is 0 Å². The lowest BCUT2D eigenvalue weighted by Crippen LogP contribution is -2.05. The van der Waals surface area contributed by atoms with Gasteiger partial charge < -0.3 is 4.57 Å². The van der Waals surface area contributed by atoms with Gasteiger partial charge in [-0.2, -0.15) is 13.2 Å². The molecule has 0 unspecified atom stereocenters. The first-order chi connectivity index (χ1) is 12.2. The van der Waals surface area contributed by atoms with E-state index in [0.717, 1.165) is 31.2 Å². The zero-order valence-electron chi connectivity index (χ0n) is 13.7. The molecule has 1 aromatic carbocycles. The predicted octanol–water partition coefficient (Wildman–Crippen LogP) is 3.86. The van der Waals surface area contributed by atoms with Crippen molar-refractivity contribution in [3.8, 4) is 11.4 Å². The zero-order valence-corrected chi connectivity index (χ0v) is 14.5. The van der Waals surface area contributed by atoms with Gasteiger partial charge in [-0.25, -0.2) is 13.4 Å². The van der Waals surface area contributed by atoms with E-state index in [-0.39, 0.29) is 16.5 Å². The number of hydrogen-bond acceptors (Lipinski definition) is 4. The van der Waals surface area contributed by atoms with Gasteiger partial charge in [-0.3, -0.25) is 4.98 Å². The SMILES string of the molecule is CS(=O)(=O)c1cnccc1-c1nc2cc(C(F)(F)F)ccc2n1C1CC1. The topological polar surface area (TPSA) is 64.8 Å². The molecule has 1 saturated carbocycles. The molecule has 136 valence electrons. The number of halogens is 3. The summed E-state index contributed by atoms with van der Waals surface area (Å²) in [6, 6.07) is 5.05. The van der Waals surface area contributed by atoms with E-state index in [1.165, 1.54) is 24.5 Å². The number of rotatable bonds is 3. The molecule has 4 rings (SSSR count). The summed E-state index contributed by atoms with van der Waals surface area (Å²) >= 11 is 0. The molecular weight excluding hydrogens is 367 g/mol. The number of benzene rings is 1. The zero-order chi connectivity index (χ0) is 18.7. The highest BCUT2D eigenvalue weighted by Crippen LogP contribution is 2.43. The Balaban J connectivity index is 2.01. The van der Waals surface area contributed by atoms with Crippen molar-refractivity contribution < 1.29 is 21.6 Å². The summed E-state index contributed by atoms with van der Waals surface area (Å²) in [4.78, 5) is 8.23. The van der Waals surface area contributed by atoms with Gasteiger partial charge in [-0.15, -0.1) is 0 Å². The van der Waals surface area contributed by atoms with Gasteiger partial charge in [0.2, 0.25) is 0 Å². The van der Waals surface area contributed by atoms with Crippen molar-refractivity contribution in [2.45, 2.75) is 30.0 Å². The fraction of sp³-hybridized carbons (Fsp3) is 0.294. The lowest BCUT2D eigenvalue weighted by molar-refractivity contribution is -0.137. The molecule has 2 aromatic heterocycles. The van der Waals surface area contributed by atoms with Crippen molar-refractivity contribution in [1.29, 1.82) is 0 Å². The monoisotopic (exact) mass is 381 g/mol. The van der Waals surface area contributed by atoms with Gasteiger partial charge in [-0.05, 0) is 37.1 Å². The van der Waals surface area contributed by atoms with E-state index in [2.05, 4.69) is 9.97 Å². The summed E-state index contributed by atoms with van der Waals surface area (Å²) in [6.45, 7) is 0. The molecule has 0 N–H and O–H groups in total. The van der Waals surface area contributed by atoms with Crippen LogP contribution in [-0.2, 0) is 16.0 Å². The Bertz CT molecular complexity index is 1120. The van der Waals surface area contributed by atoms with Crippen LogP contribution in [0.15, 0.2) is 41.6 Å². The Hall–Kier alpha value is -2.42. The number of sulfone groups is 1. The van der Waals surface area contributed by atoms with Crippen LogP contribution in [0.5, 0.6) is 0 Å². The number of nitrogens with zero attached hydrogens (tertiary/aromatic N) is 3. The molecule has 0 amide bonds. The average Bonchev–Trinajstić information content (AvgIpc) is 3.32. The summed E-state index contributed by atoms with van der Waals surface area (Å²) in [6.07, 6.45) is 1.04. The summed E-state index contributed by atoms with van der Waals surface area (Å²) in [5.41, 5.74) is 0.318. The third-order valence-electron chi connectivity index (χ3n) is 4.35. The molecule has 0 saturated heterocycles. The van der Waals surface area contributed by atoms with Crippen LogP contribution >= 0.6 is 0 Å². The van der Waals surface area contributed by atoms with Crippen molar-refractivity contribution in [2.24, 2.45) is 0 Å². The second-order valence-corrected chi connectivity index (χ2v) is 8.37. The minimum absolute atomic E-state index is 0.00764. The molecule has 2 heterocycles. The Morgan fingerprint density at radius 3 is 2.54 bits per heavy atom. The standard InChI is InChI=1S/C17H14F3N3O2S/c1-26(24,25)15-9-21-7-6-12(15)16-22-13-8-10(17(18,19)20)2-5-14(13)23(16)11-3-4-11/h2,5-9,11H,3-4H2,1H3. The fourth-order valence-electron chi connectivity index (χ4n) is 3.03. The Morgan fingerprint density at radius 2 is 1.92 bits per heavy atom. The molecule has 1 fully saturated rings. The minimum Gasteiger partial charge on any atom is -0.321 e. The van der Waals surface area contributed by atoms with Crippen molar-refractivity contribution in [2.75, 3.05) is 6.26 Å². The van der Waals surface area contributed by atoms with Crippen molar-refractivity contribution in [3.05, 3.63) is 42.2 Å². The summed E-state index contributed by atoms with van der Waals surface area (Å²) in [5, 5.41) is 0. The van der Waals surface area contributed by atoms with E-state index >= 15 is 0 Å². The number of hydrogen-bond donors (Lipinski definition) is 0. The lowest BCUT2D eigenvalue weighted by atomic mass is 10.2. The molecule has 5 nitrogen and oxygen atoms in total. The normalized spacial score (nSPS) is 15.5. The van der Waals surface area contributed by atoms with Crippen molar-refractivity contribution >= 4 is 20.9 Å².